The van der Waals surface area contributed by atoms with E-state index in [1.165, 1.54) is 18.9 Å². The Bertz CT molecular complexity index is 1250. The zero-order chi connectivity index (χ0) is 22.7. The normalized spacial score (nSPS) is 10.9. The summed E-state index contributed by atoms with van der Waals surface area (Å²) in [6.07, 6.45) is 1.57. The molecule has 0 unspecified atom stereocenters. The van der Waals surface area contributed by atoms with Crippen molar-refractivity contribution in [3.63, 3.8) is 0 Å². The van der Waals surface area contributed by atoms with Crippen LogP contribution in [0.3, 0.4) is 0 Å². The van der Waals surface area contributed by atoms with Gasteiger partial charge in [-0.1, -0.05) is 29.4 Å². The standard InChI is InChI=1S/C23H20ClN3O4S/c1-14-6-7-15(24)11-18(14)27-22(21-5-4-10-31-21)25-26-23(27)32-13-19(28)17-12-16(29-2)8-9-20(17)30-3/h4-12H,13H2,1-3H3. The van der Waals surface area contributed by atoms with E-state index in [2.05, 4.69) is 10.2 Å². The second-order valence-electron chi connectivity index (χ2n) is 6.83. The lowest BCUT2D eigenvalue weighted by Crippen LogP contribution is -2.07. The van der Waals surface area contributed by atoms with E-state index in [4.69, 9.17) is 25.5 Å². The SMILES string of the molecule is COc1ccc(OC)c(C(=O)CSc2nnc(-c3ccco3)n2-c2cc(Cl)ccc2C)c1. The Labute approximate surface area is 194 Å². The van der Waals surface area contributed by atoms with Crippen molar-refractivity contribution in [1.29, 1.82) is 0 Å². The third kappa shape index (κ3) is 4.37. The number of ketones is 1. The summed E-state index contributed by atoms with van der Waals surface area (Å²) in [5, 5.41) is 9.76. The van der Waals surface area contributed by atoms with E-state index in [1.807, 2.05) is 29.7 Å². The number of hydrogen-bond donors (Lipinski definition) is 0. The summed E-state index contributed by atoms with van der Waals surface area (Å²) in [5.41, 5.74) is 2.23. The maximum absolute atomic E-state index is 13.0. The Morgan fingerprint density at radius 3 is 2.69 bits per heavy atom. The first kappa shape index (κ1) is 22.0. The third-order valence-corrected chi connectivity index (χ3v) is 5.99. The van der Waals surface area contributed by atoms with Gasteiger partial charge in [0.15, 0.2) is 16.7 Å². The smallest absolute Gasteiger partial charge is 0.205 e. The number of halogens is 1. The van der Waals surface area contributed by atoms with Crippen LogP contribution in [0, 0.1) is 6.92 Å². The summed E-state index contributed by atoms with van der Waals surface area (Å²) in [5.74, 6) is 2.15. The molecule has 32 heavy (non-hydrogen) atoms. The molecule has 2 aromatic heterocycles. The maximum Gasteiger partial charge on any atom is 0.205 e. The van der Waals surface area contributed by atoms with Crippen LogP contribution in [-0.4, -0.2) is 40.5 Å². The predicted molar refractivity (Wildman–Crippen MR) is 123 cm³/mol. The zero-order valence-corrected chi connectivity index (χ0v) is 19.2. The molecule has 0 aliphatic rings. The molecular formula is C23H20ClN3O4S. The summed E-state index contributed by atoms with van der Waals surface area (Å²) in [6, 6.07) is 14.3. The number of Topliss-reactive ketones (excluding diaryl/α,β-unsaturated/α-hetero) is 1. The fraction of sp³-hybridized carbons (Fsp3) is 0.174. The predicted octanol–water partition coefficient (Wildman–Crippen LogP) is 5.48. The number of nitrogens with zero attached hydrogens (tertiary/aromatic N) is 3. The molecule has 0 spiro atoms. The highest BCUT2D eigenvalue weighted by atomic mass is 35.5. The molecule has 0 aliphatic heterocycles. The van der Waals surface area contributed by atoms with Crippen molar-refractivity contribution in [2.75, 3.05) is 20.0 Å². The molecule has 4 aromatic rings. The molecule has 0 fully saturated rings. The topological polar surface area (TPSA) is 79.4 Å². The van der Waals surface area contributed by atoms with Gasteiger partial charge in [0.1, 0.15) is 11.5 Å². The second kappa shape index (κ2) is 9.50. The number of aryl methyl sites for hydroxylation is 1. The average molecular weight is 470 g/mol. The van der Waals surface area contributed by atoms with Crippen LogP contribution < -0.4 is 9.47 Å². The van der Waals surface area contributed by atoms with E-state index in [9.17, 15) is 4.79 Å². The van der Waals surface area contributed by atoms with E-state index in [0.29, 0.717) is 38.8 Å². The van der Waals surface area contributed by atoms with Crippen molar-refractivity contribution in [1.82, 2.24) is 14.8 Å². The number of carbonyl (C=O) groups is 1. The molecule has 4 rings (SSSR count). The third-order valence-electron chi connectivity index (χ3n) is 4.83. The monoisotopic (exact) mass is 469 g/mol. The summed E-state index contributed by atoms with van der Waals surface area (Å²) in [6.45, 7) is 1.97. The average Bonchev–Trinajstić information content (AvgIpc) is 3.48. The number of thioether (sulfide) groups is 1. The molecular weight excluding hydrogens is 450 g/mol. The number of carbonyl (C=O) groups excluding carboxylic acids is 1. The fourth-order valence-electron chi connectivity index (χ4n) is 3.21. The number of methoxy groups -OCH3 is 2. The van der Waals surface area contributed by atoms with Gasteiger partial charge in [-0.05, 0) is 55.0 Å². The summed E-state index contributed by atoms with van der Waals surface area (Å²) in [7, 11) is 3.08. The minimum atomic E-state index is -0.123. The van der Waals surface area contributed by atoms with Crippen LogP contribution in [0.2, 0.25) is 5.02 Å². The first-order valence-corrected chi connectivity index (χ1v) is 11.0. The van der Waals surface area contributed by atoms with Crippen molar-refractivity contribution in [3.05, 3.63) is 70.9 Å². The Morgan fingerprint density at radius 2 is 1.97 bits per heavy atom. The van der Waals surface area contributed by atoms with Gasteiger partial charge in [0.2, 0.25) is 5.82 Å². The first-order chi connectivity index (χ1) is 15.5. The van der Waals surface area contributed by atoms with Crippen LogP contribution in [0.1, 0.15) is 15.9 Å². The van der Waals surface area contributed by atoms with E-state index < -0.39 is 0 Å². The van der Waals surface area contributed by atoms with Gasteiger partial charge in [-0.15, -0.1) is 10.2 Å². The molecule has 7 nitrogen and oxygen atoms in total. The maximum atomic E-state index is 13.0. The quantitative estimate of drug-likeness (QED) is 0.249. The van der Waals surface area contributed by atoms with Crippen LogP contribution in [0.5, 0.6) is 11.5 Å². The molecule has 9 heteroatoms. The minimum absolute atomic E-state index is 0.123. The van der Waals surface area contributed by atoms with Crippen LogP contribution in [0.25, 0.3) is 17.3 Å². The molecule has 0 saturated heterocycles. The molecule has 0 saturated carbocycles. The van der Waals surface area contributed by atoms with Gasteiger partial charge >= 0.3 is 0 Å². The van der Waals surface area contributed by atoms with Crippen molar-refractivity contribution in [2.24, 2.45) is 0 Å². The van der Waals surface area contributed by atoms with Crippen molar-refractivity contribution in [2.45, 2.75) is 12.1 Å². The van der Waals surface area contributed by atoms with Crippen LogP contribution in [0.4, 0.5) is 0 Å². The van der Waals surface area contributed by atoms with E-state index >= 15 is 0 Å². The first-order valence-electron chi connectivity index (χ1n) is 9.65. The number of hydrogen-bond acceptors (Lipinski definition) is 7. The van der Waals surface area contributed by atoms with E-state index in [1.54, 1.807) is 43.7 Å². The highest BCUT2D eigenvalue weighted by molar-refractivity contribution is 7.99. The molecule has 164 valence electrons. The molecule has 0 radical (unpaired) electrons. The minimum Gasteiger partial charge on any atom is -0.497 e. The molecule has 2 aromatic carbocycles. The lowest BCUT2D eigenvalue weighted by atomic mass is 10.1. The van der Waals surface area contributed by atoms with Crippen molar-refractivity contribution < 1.29 is 18.7 Å². The largest absolute Gasteiger partial charge is 0.497 e. The summed E-state index contributed by atoms with van der Waals surface area (Å²) >= 11 is 7.54. The van der Waals surface area contributed by atoms with Gasteiger partial charge < -0.3 is 13.9 Å². The van der Waals surface area contributed by atoms with Gasteiger partial charge in [0, 0.05) is 5.02 Å². The summed E-state index contributed by atoms with van der Waals surface area (Å²) < 4.78 is 18.0. The Morgan fingerprint density at radius 1 is 1.12 bits per heavy atom. The number of ether oxygens (including phenoxy) is 2. The van der Waals surface area contributed by atoms with Crippen LogP contribution in [0.15, 0.2) is 64.4 Å². The van der Waals surface area contributed by atoms with Crippen molar-refractivity contribution in [3.8, 4) is 28.8 Å². The van der Waals surface area contributed by atoms with Gasteiger partial charge in [0.25, 0.3) is 0 Å². The van der Waals surface area contributed by atoms with E-state index in [-0.39, 0.29) is 11.5 Å². The molecule has 0 aliphatic carbocycles. The molecule has 0 bridgehead atoms. The number of rotatable bonds is 8. The van der Waals surface area contributed by atoms with E-state index in [0.717, 1.165) is 11.3 Å². The number of furan rings is 1. The Hall–Kier alpha value is -3.23. The molecule has 0 atom stereocenters. The van der Waals surface area contributed by atoms with Crippen LogP contribution in [-0.2, 0) is 0 Å². The number of aromatic nitrogens is 3. The molecule has 2 heterocycles. The Kier molecular flexibility index (Phi) is 6.53. The highest BCUT2D eigenvalue weighted by Gasteiger charge is 2.21. The van der Waals surface area contributed by atoms with Gasteiger partial charge in [-0.25, -0.2) is 0 Å². The summed E-state index contributed by atoms with van der Waals surface area (Å²) in [4.78, 5) is 13.0. The number of benzene rings is 2. The second-order valence-corrected chi connectivity index (χ2v) is 8.21. The van der Waals surface area contributed by atoms with Crippen LogP contribution >= 0.6 is 23.4 Å². The fourth-order valence-corrected chi connectivity index (χ4v) is 4.20. The van der Waals surface area contributed by atoms with Gasteiger partial charge in [-0.2, -0.15) is 0 Å². The highest BCUT2D eigenvalue weighted by Crippen LogP contribution is 2.32. The molecule has 0 amide bonds. The lowest BCUT2D eigenvalue weighted by molar-refractivity contribution is 0.101. The van der Waals surface area contributed by atoms with Gasteiger partial charge in [-0.3, -0.25) is 9.36 Å². The Balaban J connectivity index is 1.69. The lowest BCUT2D eigenvalue weighted by Gasteiger charge is -2.13. The van der Waals surface area contributed by atoms with Crippen molar-refractivity contribution >= 4 is 29.1 Å². The molecule has 0 N–H and O–H groups in total. The van der Waals surface area contributed by atoms with Gasteiger partial charge in [0.05, 0.1) is 37.5 Å². The zero-order valence-electron chi connectivity index (χ0n) is 17.7.